The average Bonchev–Trinajstić information content (AvgIpc) is 3.07. The van der Waals surface area contributed by atoms with Gasteiger partial charge in [-0.3, -0.25) is 0 Å². The first kappa shape index (κ1) is 18.9. The van der Waals surface area contributed by atoms with Crippen molar-refractivity contribution in [2.75, 3.05) is 5.32 Å². The molecule has 6 heteroatoms. The zero-order valence-electron chi connectivity index (χ0n) is 17.1. The van der Waals surface area contributed by atoms with Crippen molar-refractivity contribution in [2.45, 2.75) is 19.6 Å². The first-order valence-electron chi connectivity index (χ1n) is 9.95. The van der Waals surface area contributed by atoms with E-state index in [4.69, 9.17) is 9.47 Å². The number of nitrogens with one attached hydrogen (secondary N) is 1. The van der Waals surface area contributed by atoms with Crippen LogP contribution in [0, 0.1) is 0 Å². The maximum atomic E-state index is 12.1. The van der Waals surface area contributed by atoms with E-state index in [2.05, 4.69) is 34.1 Å². The fourth-order valence-electron chi connectivity index (χ4n) is 3.84. The van der Waals surface area contributed by atoms with E-state index in [0.29, 0.717) is 0 Å². The van der Waals surface area contributed by atoms with Gasteiger partial charge in [0.1, 0.15) is 0 Å². The number of carbonyl (C=O) groups is 2. The van der Waals surface area contributed by atoms with Crippen molar-refractivity contribution >= 4 is 39.4 Å². The summed E-state index contributed by atoms with van der Waals surface area (Å²) in [7, 11) is 0. The number of hydrogen-bond acceptors (Lipinski definition) is 5. The second kappa shape index (κ2) is 7.02. The molecule has 6 nitrogen and oxygen atoms in total. The molecule has 1 fully saturated rings. The van der Waals surface area contributed by atoms with Crippen LogP contribution in [0.2, 0.25) is 0 Å². The molecule has 31 heavy (non-hydrogen) atoms. The summed E-state index contributed by atoms with van der Waals surface area (Å²) < 4.78 is 12.4. The Hall–Kier alpha value is -4.06. The van der Waals surface area contributed by atoms with Gasteiger partial charge in [0.25, 0.3) is 5.79 Å². The van der Waals surface area contributed by atoms with Crippen LogP contribution in [0.5, 0.6) is 0 Å². The molecule has 1 N–H and O–H groups in total. The Morgan fingerprint density at radius 1 is 0.774 bits per heavy atom. The number of anilines is 1. The molecule has 0 atom stereocenters. The van der Waals surface area contributed by atoms with E-state index in [1.165, 1.54) is 30.8 Å². The number of para-hydroxylation sites is 2. The van der Waals surface area contributed by atoms with Crippen molar-refractivity contribution in [3.8, 4) is 5.69 Å². The minimum Gasteiger partial charge on any atom is -0.419 e. The Bertz CT molecular complexity index is 1290. The fourth-order valence-corrected chi connectivity index (χ4v) is 3.84. The molecule has 5 rings (SSSR count). The Morgan fingerprint density at radius 3 is 1.84 bits per heavy atom. The minimum atomic E-state index is -1.25. The summed E-state index contributed by atoms with van der Waals surface area (Å²) >= 11 is 0. The third kappa shape index (κ3) is 3.32. The second-order valence-corrected chi connectivity index (χ2v) is 7.80. The predicted molar refractivity (Wildman–Crippen MR) is 119 cm³/mol. The second-order valence-electron chi connectivity index (χ2n) is 7.80. The van der Waals surface area contributed by atoms with Gasteiger partial charge in [0.05, 0.1) is 11.0 Å². The summed E-state index contributed by atoms with van der Waals surface area (Å²) in [6, 6.07) is 24.4. The third-order valence-electron chi connectivity index (χ3n) is 5.21. The number of nitrogens with zero attached hydrogens (tertiary/aromatic N) is 1. The number of hydrogen-bond donors (Lipinski definition) is 1. The van der Waals surface area contributed by atoms with Crippen LogP contribution in [-0.4, -0.2) is 22.3 Å². The van der Waals surface area contributed by atoms with Gasteiger partial charge in [-0.25, -0.2) is 9.59 Å². The standard InChI is InChI=1S/C25H20N2O4/c1-25(2)30-23(28)20(24(29)31-25)15-26-16-11-13-17(14-12-16)27-21-9-5-3-7-18(21)19-8-4-6-10-22(19)27/h3-15,26H,1-2H3. The molecule has 0 radical (unpaired) electrons. The highest BCUT2D eigenvalue weighted by Crippen LogP contribution is 2.32. The van der Waals surface area contributed by atoms with Gasteiger partial charge in [-0.15, -0.1) is 0 Å². The molecule has 3 aromatic carbocycles. The largest absolute Gasteiger partial charge is 0.419 e. The number of rotatable bonds is 3. The topological polar surface area (TPSA) is 69.6 Å². The van der Waals surface area contributed by atoms with Gasteiger partial charge in [0, 0.05) is 42.2 Å². The van der Waals surface area contributed by atoms with Gasteiger partial charge in [0.15, 0.2) is 5.57 Å². The molecule has 154 valence electrons. The molecule has 4 aromatic rings. The van der Waals surface area contributed by atoms with E-state index in [9.17, 15) is 9.59 Å². The van der Waals surface area contributed by atoms with Gasteiger partial charge in [-0.05, 0) is 36.4 Å². The molecule has 0 unspecified atom stereocenters. The summed E-state index contributed by atoms with van der Waals surface area (Å²) in [6.07, 6.45) is 1.31. The van der Waals surface area contributed by atoms with Crippen LogP contribution in [0.3, 0.4) is 0 Å². The van der Waals surface area contributed by atoms with Gasteiger partial charge in [-0.1, -0.05) is 36.4 Å². The maximum absolute atomic E-state index is 12.1. The molecule has 0 spiro atoms. The molecule has 0 aliphatic carbocycles. The normalized spacial score (nSPS) is 15.6. The zero-order chi connectivity index (χ0) is 21.6. The highest BCUT2D eigenvalue weighted by atomic mass is 16.7. The molecule has 0 bridgehead atoms. The molecule has 1 aliphatic heterocycles. The maximum Gasteiger partial charge on any atom is 0.350 e. The molecular formula is C25H20N2O4. The van der Waals surface area contributed by atoms with Crippen LogP contribution in [0.4, 0.5) is 5.69 Å². The highest BCUT2D eigenvalue weighted by Gasteiger charge is 2.38. The number of fused-ring (bicyclic) bond motifs is 3. The van der Waals surface area contributed by atoms with Crippen LogP contribution >= 0.6 is 0 Å². The quantitative estimate of drug-likeness (QED) is 0.294. The fraction of sp³-hybridized carbons (Fsp3) is 0.120. The Balaban J connectivity index is 1.46. The summed E-state index contributed by atoms with van der Waals surface area (Å²) in [5, 5.41) is 5.37. The van der Waals surface area contributed by atoms with Crippen LogP contribution in [0.1, 0.15) is 13.8 Å². The average molecular weight is 412 g/mol. The Kier molecular flexibility index (Phi) is 4.29. The number of aromatic nitrogens is 1. The lowest BCUT2D eigenvalue weighted by Gasteiger charge is -2.29. The number of carbonyl (C=O) groups excluding carboxylic acids is 2. The first-order valence-corrected chi connectivity index (χ1v) is 9.95. The van der Waals surface area contributed by atoms with E-state index in [1.807, 2.05) is 48.5 Å². The van der Waals surface area contributed by atoms with E-state index in [-0.39, 0.29) is 5.57 Å². The van der Waals surface area contributed by atoms with Gasteiger partial charge in [-0.2, -0.15) is 0 Å². The van der Waals surface area contributed by atoms with E-state index in [1.54, 1.807) is 0 Å². The van der Waals surface area contributed by atoms with Crippen molar-refractivity contribution in [1.82, 2.24) is 4.57 Å². The third-order valence-corrected chi connectivity index (χ3v) is 5.21. The number of benzene rings is 3. The molecule has 0 saturated carbocycles. The molecule has 0 amide bonds. The first-order chi connectivity index (χ1) is 14.9. The van der Waals surface area contributed by atoms with Crippen molar-refractivity contribution in [3.05, 3.63) is 84.6 Å². The Morgan fingerprint density at radius 2 is 1.29 bits per heavy atom. The molecule has 1 aliphatic rings. The molecular weight excluding hydrogens is 392 g/mol. The van der Waals surface area contributed by atoms with Gasteiger partial charge in [0.2, 0.25) is 0 Å². The smallest absolute Gasteiger partial charge is 0.350 e. The van der Waals surface area contributed by atoms with Crippen molar-refractivity contribution in [2.24, 2.45) is 0 Å². The van der Waals surface area contributed by atoms with Crippen LogP contribution in [0.25, 0.3) is 27.5 Å². The van der Waals surface area contributed by atoms with Crippen LogP contribution in [-0.2, 0) is 19.1 Å². The summed E-state index contributed by atoms with van der Waals surface area (Å²) in [6.45, 7) is 3.03. The number of ether oxygens (including phenoxy) is 2. The lowest BCUT2D eigenvalue weighted by molar-refractivity contribution is -0.222. The lowest BCUT2D eigenvalue weighted by atomic mass is 10.2. The summed E-state index contributed by atoms with van der Waals surface area (Å²) in [5.74, 6) is -2.68. The van der Waals surface area contributed by atoms with E-state index < -0.39 is 17.7 Å². The highest BCUT2D eigenvalue weighted by molar-refractivity contribution is 6.15. The monoisotopic (exact) mass is 412 g/mol. The predicted octanol–water partition coefficient (Wildman–Crippen LogP) is 4.92. The summed E-state index contributed by atoms with van der Waals surface area (Å²) in [4.78, 5) is 24.1. The summed E-state index contributed by atoms with van der Waals surface area (Å²) in [5.41, 5.74) is 3.81. The van der Waals surface area contributed by atoms with Crippen molar-refractivity contribution in [3.63, 3.8) is 0 Å². The number of cyclic esters (lactones) is 2. The lowest BCUT2D eigenvalue weighted by Crippen LogP contribution is -2.42. The van der Waals surface area contributed by atoms with Gasteiger partial charge < -0.3 is 19.4 Å². The SMILES string of the molecule is CC1(C)OC(=O)C(=CNc2ccc(-n3c4ccccc4c4ccccc43)cc2)C(=O)O1. The molecule has 1 saturated heterocycles. The van der Waals surface area contributed by atoms with E-state index in [0.717, 1.165) is 22.4 Å². The molecule has 2 heterocycles. The Labute approximate surface area is 178 Å². The van der Waals surface area contributed by atoms with E-state index >= 15 is 0 Å². The zero-order valence-corrected chi connectivity index (χ0v) is 17.1. The number of esters is 2. The van der Waals surface area contributed by atoms with Gasteiger partial charge >= 0.3 is 11.9 Å². The molecule has 1 aromatic heterocycles. The van der Waals surface area contributed by atoms with Crippen molar-refractivity contribution < 1.29 is 19.1 Å². The van der Waals surface area contributed by atoms with Crippen LogP contribution in [0.15, 0.2) is 84.6 Å². The minimum absolute atomic E-state index is 0.175. The van der Waals surface area contributed by atoms with Crippen LogP contribution < -0.4 is 5.32 Å². The van der Waals surface area contributed by atoms with Crippen molar-refractivity contribution in [1.29, 1.82) is 0 Å².